The number of rotatable bonds is 7. The van der Waals surface area contributed by atoms with Gasteiger partial charge in [0.25, 0.3) is 0 Å². The number of hydrogen-bond donors (Lipinski definition) is 1. The molecule has 20 heavy (non-hydrogen) atoms. The van der Waals surface area contributed by atoms with Crippen LogP contribution in [0.3, 0.4) is 0 Å². The third-order valence-electron chi connectivity index (χ3n) is 2.39. The number of benzene rings is 1. The van der Waals surface area contributed by atoms with E-state index < -0.39 is 5.97 Å². The van der Waals surface area contributed by atoms with Gasteiger partial charge in [-0.1, -0.05) is 11.6 Å². The molecule has 0 radical (unpaired) electrons. The van der Waals surface area contributed by atoms with Crippen molar-refractivity contribution >= 4 is 23.6 Å². The van der Waals surface area contributed by atoms with Crippen molar-refractivity contribution in [3.8, 4) is 11.5 Å². The van der Waals surface area contributed by atoms with Crippen LogP contribution in [0.25, 0.3) is 6.08 Å². The highest BCUT2D eigenvalue weighted by atomic mass is 35.5. The fraction of sp³-hybridized carbons (Fsp3) is 0.357. The fourth-order valence-corrected chi connectivity index (χ4v) is 1.84. The van der Waals surface area contributed by atoms with E-state index in [2.05, 4.69) is 0 Å². The Kier molecular flexibility index (Phi) is 6.35. The summed E-state index contributed by atoms with van der Waals surface area (Å²) >= 11 is 5.97. The van der Waals surface area contributed by atoms with Crippen LogP contribution in [0.4, 0.5) is 0 Å². The van der Waals surface area contributed by atoms with Gasteiger partial charge in [0.05, 0.1) is 13.7 Å². The van der Waals surface area contributed by atoms with Crippen LogP contribution in [0, 0.1) is 0 Å². The normalized spacial score (nSPS) is 12.4. The lowest BCUT2D eigenvalue weighted by Gasteiger charge is -2.18. The van der Waals surface area contributed by atoms with Crippen molar-refractivity contribution in [1.29, 1.82) is 0 Å². The average molecular weight is 301 g/mol. The molecule has 0 aliphatic heterocycles. The second-order valence-electron chi connectivity index (χ2n) is 4.08. The van der Waals surface area contributed by atoms with Gasteiger partial charge in [0.15, 0.2) is 11.5 Å². The van der Waals surface area contributed by atoms with Gasteiger partial charge in [-0.2, -0.15) is 0 Å². The first-order valence-corrected chi connectivity index (χ1v) is 6.29. The van der Waals surface area contributed by atoms with Crippen LogP contribution in [0.5, 0.6) is 11.5 Å². The van der Waals surface area contributed by atoms with E-state index in [0.717, 1.165) is 6.08 Å². The first kappa shape index (κ1) is 16.3. The van der Waals surface area contributed by atoms with Crippen LogP contribution in [-0.4, -0.2) is 38.0 Å². The van der Waals surface area contributed by atoms with Gasteiger partial charge in [-0.15, -0.1) is 0 Å². The van der Waals surface area contributed by atoms with E-state index in [-0.39, 0.29) is 6.10 Å². The summed E-state index contributed by atoms with van der Waals surface area (Å²) in [6.07, 6.45) is 2.21. The topological polar surface area (TPSA) is 65.0 Å². The molecule has 1 unspecified atom stereocenters. The number of hydrogen-bond acceptors (Lipinski definition) is 4. The standard InChI is InChI=1S/C14H17ClO5/c1-9(8-18-2)20-14-10(4-5-13(16)17)6-11(15)7-12(14)19-3/h4-7,9H,8H2,1-3H3,(H,16,17)/b5-4+. The predicted molar refractivity (Wildman–Crippen MR) is 76.6 cm³/mol. The number of aliphatic carboxylic acids is 1. The molecule has 0 spiro atoms. The van der Waals surface area contributed by atoms with Gasteiger partial charge < -0.3 is 19.3 Å². The van der Waals surface area contributed by atoms with Crippen LogP contribution < -0.4 is 9.47 Å². The summed E-state index contributed by atoms with van der Waals surface area (Å²) in [4.78, 5) is 10.6. The van der Waals surface area contributed by atoms with E-state index >= 15 is 0 Å². The molecule has 0 amide bonds. The largest absolute Gasteiger partial charge is 0.493 e. The van der Waals surface area contributed by atoms with Crippen molar-refractivity contribution in [3.63, 3.8) is 0 Å². The maximum Gasteiger partial charge on any atom is 0.328 e. The fourth-order valence-electron chi connectivity index (χ4n) is 1.62. The van der Waals surface area contributed by atoms with Gasteiger partial charge in [-0.25, -0.2) is 4.79 Å². The zero-order chi connectivity index (χ0) is 15.1. The Morgan fingerprint density at radius 2 is 2.15 bits per heavy atom. The molecule has 0 aliphatic carbocycles. The van der Waals surface area contributed by atoms with Crippen molar-refractivity contribution in [2.75, 3.05) is 20.8 Å². The molecule has 0 bridgehead atoms. The Hall–Kier alpha value is -1.72. The maximum absolute atomic E-state index is 10.6. The third kappa shape index (κ3) is 4.75. The van der Waals surface area contributed by atoms with E-state index in [0.29, 0.717) is 28.7 Å². The Morgan fingerprint density at radius 1 is 1.45 bits per heavy atom. The van der Waals surface area contributed by atoms with Crippen LogP contribution >= 0.6 is 11.6 Å². The van der Waals surface area contributed by atoms with Crippen LogP contribution in [0.2, 0.25) is 5.02 Å². The first-order chi connectivity index (χ1) is 9.47. The summed E-state index contributed by atoms with van der Waals surface area (Å²) in [6.45, 7) is 2.23. The number of carbonyl (C=O) groups is 1. The Labute approximate surface area is 122 Å². The summed E-state index contributed by atoms with van der Waals surface area (Å²) in [5.74, 6) is -0.190. The minimum absolute atomic E-state index is 0.216. The van der Waals surface area contributed by atoms with Gasteiger partial charge in [0, 0.05) is 29.8 Å². The van der Waals surface area contributed by atoms with E-state index in [1.54, 1.807) is 19.2 Å². The molecule has 0 heterocycles. The molecule has 5 nitrogen and oxygen atoms in total. The van der Waals surface area contributed by atoms with Crippen LogP contribution in [0.15, 0.2) is 18.2 Å². The van der Waals surface area contributed by atoms with E-state index in [4.69, 9.17) is 30.9 Å². The van der Waals surface area contributed by atoms with Gasteiger partial charge in [0.2, 0.25) is 0 Å². The lowest BCUT2D eigenvalue weighted by atomic mass is 10.1. The molecule has 1 rings (SSSR count). The molecule has 1 aromatic carbocycles. The Balaban J connectivity index is 3.18. The van der Waals surface area contributed by atoms with Gasteiger partial charge >= 0.3 is 5.97 Å². The molecule has 1 atom stereocenters. The quantitative estimate of drug-likeness (QED) is 0.784. The summed E-state index contributed by atoms with van der Waals surface area (Å²) in [5, 5.41) is 9.15. The van der Waals surface area contributed by atoms with Crippen molar-refractivity contribution < 1.29 is 24.1 Å². The Morgan fingerprint density at radius 3 is 2.70 bits per heavy atom. The third-order valence-corrected chi connectivity index (χ3v) is 2.61. The minimum atomic E-state index is -1.06. The SMILES string of the molecule is COCC(C)Oc1c(/C=C/C(=O)O)cc(Cl)cc1OC. The van der Waals surface area contributed by atoms with Crippen molar-refractivity contribution in [2.45, 2.75) is 13.0 Å². The molecular formula is C14H17ClO5. The van der Waals surface area contributed by atoms with Crippen LogP contribution in [-0.2, 0) is 9.53 Å². The number of carboxylic acids is 1. The molecule has 110 valence electrons. The van der Waals surface area contributed by atoms with Gasteiger partial charge in [-0.3, -0.25) is 0 Å². The molecule has 0 aliphatic rings. The second kappa shape index (κ2) is 7.77. The van der Waals surface area contributed by atoms with Crippen LogP contribution in [0.1, 0.15) is 12.5 Å². The number of ether oxygens (including phenoxy) is 3. The van der Waals surface area contributed by atoms with Crippen molar-refractivity contribution in [1.82, 2.24) is 0 Å². The van der Waals surface area contributed by atoms with E-state index in [1.165, 1.54) is 13.2 Å². The van der Waals surface area contributed by atoms with E-state index in [9.17, 15) is 4.79 Å². The molecule has 0 saturated heterocycles. The lowest BCUT2D eigenvalue weighted by molar-refractivity contribution is -0.131. The number of halogens is 1. The van der Waals surface area contributed by atoms with Crippen molar-refractivity contribution in [3.05, 3.63) is 28.8 Å². The van der Waals surface area contributed by atoms with Gasteiger partial charge in [0.1, 0.15) is 6.10 Å². The second-order valence-corrected chi connectivity index (χ2v) is 4.52. The summed E-state index contributed by atoms with van der Waals surface area (Å²) < 4.78 is 16.0. The highest BCUT2D eigenvalue weighted by molar-refractivity contribution is 6.31. The predicted octanol–water partition coefficient (Wildman–Crippen LogP) is 2.86. The number of methoxy groups -OCH3 is 2. The zero-order valence-corrected chi connectivity index (χ0v) is 12.3. The molecule has 0 fully saturated rings. The summed E-state index contributed by atoms with van der Waals surface area (Å²) in [5.41, 5.74) is 0.528. The molecule has 1 aromatic rings. The smallest absolute Gasteiger partial charge is 0.328 e. The first-order valence-electron chi connectivity index (χ1n) is 5.92. The molecule has 0 saturated carbocycles. The maximum atomic E-state index is 10.6. The minimum Gasteiger partial charge on any atom is -0.493 e. The number of carboxylic acid groups (broad SMARTS) is 1. The highest BCUT2D eigenvalue weighted by Crippen LogP contribution is 2.36. The molecule has 0 aromatic heterocycles. The average Bonchev–Trinajstić information content (AvgIpc) is 2.38. The summed E-state index contributed by atoms with van der Waals surface area (Å²) in [7, 11) is 3.06. The lowest BCUT2D eigenvalue weighted by Crippen LogP contribution is -2.18. The van der Waals surface area contributed by atoms with E-state index in [1.807, 2.05) is 6.92 Å². The molecule has 1 N–H and O–H groups in total. The zero-order valence-electron chi connectivity index (χ0n) is 11.6. The Bertz CT molecular complexity index is 499. The highest BCUT2D eigenvalue weighted by Gasteiger charge is 2.14. The monoisotopic (exact) mass is 300 g/mol. The van der Waals surface area contributed by atoms with Crippen molar-refractivity contribution in [2.24, 2.45) is 0 Å². The molecule has 6 heteroatoms. The van der Waals surface area contributed by atoms with Gasteiger partial charge in [-0.05, 0) is 19.1 Å². The molecular weight excluding hydrogens is 284 g/mol. The summed E-state index contributed by atoms with van der Waals surface area (Å²) in [6, 6.07) is 3.22.